The van der Waals surface area contributed by atoms with Crippen LogP contribution in [0.15, 0.2) is 134 Å². The van der Waals surface area contributed by atoms with Crippen LogP contribution in [-0.2, 0) is 5.41 Å². The summed E-state index contributed by atoms with van der Waals surface area (Å²) < 4.78 is 0. The summed E-state index contributed by atoms with van der Waals surface area (Å²) in [6.07, 6.45) is 21.9. The van der Waals surface area contributed by atoms with Crippen LogP contribution in [0.1, 0.15) is 29.6 Å². The molecule has 8 aromatic rings. The standard InChI is InChI=1S/C42H30N8S3/c1-26-7-8-29(20-45-26)39-47-22-36(51-39)31-15-32(37-23-48-40(52-37)30-9-10-34(46-21-30)27-5-3-13-43-18-27)17-33(16-31)38-24-49-41(53-38)42(2)12-11-35(50-25-42)28-6-4-14-44-19-28/h3-11,13-25H,12H2,1-2H3. The van der Waals surface area contributed by atoms with Crippen molar-refractivity contribution in [1.29, 1.82) is 0 Å². The summed E-state index contributed by atoms with van der Waals surface area (Å²) in [5.41, 5.74) is 9.73. The van der Waals surface area contributed by atoms with E-state index in [2.05, 4.69) is 58.3 Å². The van der Waals surface area contributed by atoms with Crippen molar-refractivity contribution in [2.24, 2.45) is 4.99 Å². The summed E-state index contributed by atoms with van der Waals surface area (Å²) in [6.45, 7) is 4.19. The van der Waals surface area contributed by atoms with Gasteiger partial charge < -0.3 is 0 Å². The van der Waals surface area contributed by atoms with Crippen molar-refractivity contribution >= 4 is 45.9 Å². The van der Waals surface area contributed by atoms with Crippen molar-refractivity contribution < 1.29 is 0 Å². The van der Waals surface area contributed by atoms with E-state index in [9.17, 15) is 0 Å². The minimum absolute atomic E-state index is 0.309. The van der Waals surface area contributed by atoms with Crippen molar-refractivity contribution in [3.05, 3.63) is 145 Å². The normalized spacial score (nSPS) is 15.4. The van der Waals surface area contributed by atoms with Gasteiger partial charge in [0.15, 0.2) is 0 Å². The predicted molar refractivity (Wildman–Crippen MR) is 217 cm³/mol. The van der Waals surface area contributed by atoms with E-state index in [-0.39, 0.29) is 5.41 Å². The van der Waals surface area contributed by atoms with Crippen molar-refractivity contribution in [2.45, 2.75) is 25.7 Å². The zero-order chi connectivity index (χ0) is 35.8. The molecule has 0 saturated heterocycles. The third-order valence-corrected chi connectivity index (χ3v) is 12.6. The van der Waals surface area contributed by atoms with Crippen LogP contribution < -0.4 is 0 Å². The molecule has 0 spiro atoms. The molecule has 11 heteroatoms. The number of aliphatic imine (C=N–C) groups is 1. The number of rotatable bonds is 8. The Morgan fingerprint density at radius 1 is 0.547 bits per heavy atom. The molecule has 0 amide bonds. The van der Waals surface area contributed by atoms with Gasteiger partial charge in [0.2, 0.25) is 0 Å². The molecule has 9 rings (SSSR count). The molecule has 1 atom stereocenters. The van der Waals surface area contributed by atoms with Crippen molar-refractivity contribution in [1.82, 2.24) is 34.9 Å². The fraction of sp³-hybridized carbons (Fsp3) is 0.0952. The van der Waals surface area contributed by atoms with E-state index < -0.39 is 0 Å². The van der Waals surface area contributed by atoms with E-state index in [1.54, 1.807) is 46.4 Å². The molecule has 8 nitrogen and oxygen atoms in total. The lowest BCUT2D eigenvalue weighted by atomic mass is 9.86. The highest BCUT2D eigenvalue weighted by atomic mass is 32.1. The maximum Gasteiger partial charge on any atom is 0.125 e. The number of hydrogen-bond donors (Lipinski definition) is 0. The van der Waals surface area contributed by atoms with Gasteiger partial charge in [-0.25, -0.2) is 15.0 Å². The van der Waals surface area contributed by atoms with Crippen LogP contribution in [0.25, 0.3) is 69.4 Å². The largest absolute Gasteiger partial charge is 0.264 e. The minimum atomic E-state index is -0.309. The average Bonchev–Trinajstić information content (AvgIpc) is 4.02. The van der Waals surface area contributed by atoms with Gasteiger partial charge in [0.05, 0.1) is 31.4 Å². The predicted octanol–water partition coefficient (Wildman–Crippen LogP) is 10.7. The van der Waals surface area contributed by atoms with Crippen LogP contribution in [0, 0.1) is 6.92 Å². The fourth-order valence-corrected chi connectivity index (χ4v) is 8.89. The molecule has 0 N–H and O–H groups in total. The highest BCUT2D eigenvalue weighted by Crippen LogP contribution is 2.43. The quantitative estimate of drug-likeness (QED) is 0.153. The number of benzene rings is 1. The van der Waals surface area contributed by atoms with E-state index >= 15 is 0 Å². The summed E-state index contributed by atoms with van der Waals surface area (Å²) in [7, 11) is 0. The first kappa shape index (κ1) is 33.0. The molecule has 1 aliphatic heterocycles. The molecule has 7 aromatic heterocycles. The van der Waals surface area contributed by atoms with Gasteiger partial charge in [-0.2, -0.15) is 0 Å². The van der Waals surface area contributed by atoms with Gasteiger partial charge >= 0.3 is 0 Å². The SMILES string of the molecule is Cc1ccc(-c2ncc(-c3cc(-c4cnc(-c5ccc(-c6cccnc6)nc5)s4)cc(-c4cnc(C5(C)C=NC(c6cccnc6)=CC5)s4)c3)s2)cn1. The number of allylic oxidation sites excluding steroid dienone is 1. The van der Waals surface area contributed by atoms with Crippen LogP contribution in [0.2, 0.25) is 0 Å². The maximum absolute atomic E-state index is 4.96. The molecule has 0 aliphatic carbocycles. The zero-order valence-corrected chi connectivity index (χ0v) is 31.2. The Kier molecular flexibility index (Phi) is 8.67. The number of nitrogens with zero attached hydrogens (tertiary/aromatic N) is 8. The van der Waals surface area contributed by atoms with Gasteiger partial charge in [-0.05, 0) is 104 Å². The Bertz CT molecular complexity index is 2610. The number of pyridine rings is 4. The van der Waals surface area contributed by atoms with Gasteiger partial charge in [-0.3, -0.25) is 24.9 Å². The van der Waals surface area contributed by atoms with E-state index in [1.807, 2.05) is 92.9 Å². The lowest BCUT2D eigenvalue weighted by Crippen LogP contribution is -2.24. The van der Waals surface area contributed by atoms with Crippen LogP contribution in [0.5, 0.6) is 0 Å². The van der Waals surface area contributed by atoms with Crippen LogP contribution in [0.3, 0.4) is 0 Å². The third-order valence-electron chi connectivity index (χ3n) is 9.08. The summed E-state index contributed by atoms with van der Waals surface area (Å²) in [5.74, 6) is 0. The van der Waals surface area contributed by atoms with E-state index in [1.165, 1.54) is 0 Å². The Morgan fingerprint density at radius 3 is 1.70 bits per heavy atom. The molecular weight excluding hydrogens is 713 g/mol. The molecule has 0 radical (unpaired) electrons. The molecule has 8 heterocycles. The summed E-state index contributed by atoms with van der Waals surface area (Å²) in [4.78, 5) is 40.4. The second-order valence-electron chi connectivity index (χ2n) is 13.0. The van der Waals surface area contributed by atoms with Crippen LogP contribution in [-0.4, -0.2) is 41.1 Å². The number of aryl methyl sites for hydroxylation is 1. The first-order valence-corrected chi connectivity index (χ1v) is 19.4. The molecule has 0 fully saturated rings. The van der Waals surface area contributed by atoms with E-state index in [0.29, 0.717) is 0 Å². The minimum Gasteiger partial charge on any atom is -0.264 e. The number of aromatic nitrogens is 7. The Morgan fingerprint density at radius 2 is 1.15 bits per heavy atom. The lowest BCUT2D eigenvalue weighted by molar-refractivity contribution is 0.651. The topological polar surface area (TPSA) is 103 Å². The number of hydrogen-bond acceptors (Lipinski definition) is 11. The summed E-state index contributed by atoms with van der Waals surface area (Å²) >= 11 is 5.03. The molecule has 1 unspecified atom stereocenters. The second-order valence-corrected chi connectivity index (χ2v) is 16.1. The first-order chi connectivity index (χ1) is 26.0. The maximum atomic E-state index is 4.96. The summed E-state index contributed by atoms with van der Waals surface area (Å²) in [5, 5.41) is 2.87. The molecule has 256 valence electrons. The lowest BCUT2D eigenvalue weighted by Gasteiger charge is -2.24. The smallest absolute Gasteiger partial charge is 0.125 e. The molecule has 1 aromatic carbocycles. The Balaban J connectivity index is 1.06. The van der Waals surface area contributed by atoms with Crippen molar-refractivity contribution in [3.8, 4) is 63.7 Å². The highest BCUT2D eigenvalue weighted by Gasteiger charge is 2.30. The van der Waals surface area contributed by atoms with Gasteiger partial charge in [0.1, 0.15) is 15.0 Å². The van der Waals surface area contributed by atoms with E-state index in [4.69, 9.17) is 24.9 Å². The Labute approximate surface area is 318 Å². The number of thiazole rings is 3. The Hall–Kier alpha value is -5.88. The zero-order valence-electron chi connectivity index (χ0n) is 28.7. The molecular formula is C42H30N8S3. The highest BCUT2D eigenvalue weighted by molar-refractivity contribution is 7.19. The molecule has 53 heavy (non-hydrogen) atoms. The first-order valence-electron chi connectivity index (χ1n) is 17.0. The molecule has 0 bridgehead atoms. The monoisotopic (exact) mass is 742 g/mol. The van der Waals surface area contributed by atoms with E-state index in [0.717, 1.165) is 92.1 Å². The molecule has 0 saturated carbocycles. The van der Waals surface area contributed by atoms with Crippen molar-refractivity contribution in [2.75, 3.05) is 0 Å². The van der Waals surface area contributed by atoms with Gasteiger partial charge in [0, 0.05) is 89.9 Å². The van der Waals surface area contributed by atoms with Gasteiger partial charge in [0.25, 0.3) is 0 Å². The van der Waals surface area contributed by atoms with Crippen LogP contribution >= 0.6 is 34.0 Å². The van der Waals surface area contributed by atoms with Gasteiger partial charge in [-0.1, -0.05) is 6.08 Å². The van der Waals surface area contributed by atoms with Gasteiger partial charge in [-0.15, -0.1) is 34.0 Å². The third kappa shape index (κ3) is 6.77. The second kappa shape index (κ2) is 13.9. The fourth-order valence-electron chi connectivity index (χ4n) is 6.08. The molecule has 1 aliphatic rings. The van der Waals surface area contributed by atoms with Crippen LogP contribution in [0.4, 0.5) is 0 Å². The summed E-state index contributed by atoms with van der Waals surface area (Å²) in [6, 6.07) is 22.8. The van der Waals surface area contributed by atoms with Crippen molar-refractivity contribution in [3.63, 3.8) is 0 Å². The average molecular weight is 743 g/mol.